The van der Waals surface area contributed by atoms with Gasteiger partial charge in [-0.05, 0) is 34.7 Å². The van der Waals surface area contributed by atoms with Gasteiger partial charge in [-0.25, -0.2) is 0 Å². The van der Waals surface area contributed by atoms with Crippen molar-refractivity contribution in [2.24, 2.45) is 0 Å². The van der Waals surface area contributed by atoms with Gasteiger partial charge in [-0.3, -0.25) is 5.10 Å². The third kappa shape index (κ3) is 1.30. The number of fused-ring (bicyclic) bond motifs is 1. The van der Waals surface area contributed by atoms with Crippen molar-refractivity contribution >= 4 is 56.7 Å². The van der Waals surface area contributed by atoms with E-state index in [0.29, 0.717) is 10.2 Å². The van der Waals surface area contributed by atoms with E-state index >= 15 is 0 Å². The molecule has 12 heavy (non-hydrogen) atoms. The van der Waals surface area contributed by atoms with Crippen molar-refractivity contribution in [3.05, 3.63) is 25.9 Å². The molecule has 0 bridgehead atoms. The SMILES string of the molecule is Clc1cc(I)cc2n[nH]c(Cl)c12. The molecule has 0 radical (unpaired) electrons. The quantitative estimate of drug-likeness (QED) is 0.741. The van der Waals surface area contributed by atoms with E-state index in [1.165, 1.54) is 0 Å². The van der Waals surface area contributed by atoms with E-state index in [4.69, 9.17) is 23.2 Å². The van der Waals surface area contributed by atoms with E-state index in [9.17, 15) is 0 Å². The molecule has 0 aliphatic carbocycles. The zero-order valence-corrected chi connectivity index (χ0v) is 9.41. The minimum Gasteiger partial charge on any atom is -0.266 e. The van der Waals surface area contributed by atoms with E-state index in [1.54, 1.807) is 0 Å². The first-order chi connectivity index (χ1) is 5.68. The predicted molar refractivity (Wildman–Crippen MR) is 58.8 cm³/mol. The molecular formula is C7H3Cl2IN2. The number of hydrogen-bond acceptors (Lipinski definition) is 1. The van der Waals surface area contributed by atoms with Crippen LogP contribution in [0.3, 0.4) is 0 Å². The molecule has 5 heteroatoms. The van der Waals surface area contributed by atoms with Crippen molar-refractivity contribution in [1.82, 2.24) is 10.2 Å². The Bertz CT molecular complexity index is 438. The average molecular weight is 313 g/mol. The molecule has 0 saturated carbocycles. The highest BCUT2D eigenvalue weighted by atomic mass is 127. The number of hydrogen-bond donors (Lipinski definition) is 1. The number of rotatable bonds is 0. The first-order valence-corrected chi connectivity index (χ1v) is 5.00. The van der Waals surface area contributed by atoms with Gasteiger partial charge in [0.15, 0.2) is 0 Å². The van der Waals surface area contributed by atoms with Gasteiger partial charge in [0.25, 0.3) is 0 Å². The lowest BCUT2D eigenvalue weighted by molar-refractivity contribution is 1.12. The molecule has 0 amide bonds. The van der Waals surface area contributed by atoms with Gasteiger partial charge in [-0.1, -0.05) is 23.2 Å². The summed E-state index contributed by atoms with van der Waals surface area (Å²) < 4.78 is 1.05. The highest BCUT2D eigenvalue weighted by molar-refractivity contribution is 14.1. The minimum atomic E-state index is 0.492. The van der Waals surface area contributed by atoms with Crippen molar-refractivity contribution in [3.63, 3.8) is 0 Å². The molecule has 2 rings (SSSR count). The van der Waals surface area contributed by atoms with Crippen LogP contribution in [0.25, 0.3) is 10.9 Å². The van der Waals surface area contributed by atoms with Crippen LogP contribution in [-0.2, 0) is 0 Å². The largest absolute Gasteiger partial charge is 0.266 e. The average Bonchev–Trinajstić information content (AvgIpc) is 2.31. The summed E-state index contributed by atoms with van der Waals surface area (Å²) >= 11 is 14.0. The Labute approximate surface area is 92.4 Å². The summed E-state index contributed by atoms with van der Waals surface area (Å²) in [5, 5.41) is 8.58. The van der Waals surface area contributed by atoms with Crippen molar-refractivity contribution in [3.8, 4) is 0 Å². The van der Waals surface area contributed by atoms with Gasteiger partial charge in [0, 0.05) is 3.57 Å². The van der Waals surface area contributed by atoms with Crippen LogP contribution in [0.4, 0.5) is 0 Å². The topological polar surface area (TPSA) is 28.7 Å². The monoisotopic (exact) mass is 312 g/mol. The lowest BCUT2D eigenvalue weighted by Gasteiger charge is -1.94. The lowest BCUT2D eigenvalue weighted by atomic mass is 10.3. The fourth-order valence-electron chi connectivity index (χ4n) is 1.03. The minimum absolute atomic E-state index is 0.492. The van der Waals surface area contributed by atoms with Gasteiger partial charge < -0.3 is 0 Å². The number of aromatic amines is 1. The summed E-state index contributed by atoms with van der Waals surface area (Å²) in [6, 6.07) is 3.77. The molecule has 1 aromatic carbocycles. The Balaban J connectivity index is 2.93. The van der Waals surface area contributed by atoms with Gasteiger partial charge in [-0.15, -0.1) is 0 Å². The van der Waals surface area contributed by atoms with Gasteiger partial charge in [0.2, 0.25) is 0 Å². The highest BCUT2D eigenvalue weighted by Crippen LogP contribution is 2.29. The van der Waals surface area contributed by atoms with Crippen LogP contribution in [-0.4, -0.2) is 10.2 Å². The van der Waals surface area contributed by atoms with E-state index < -0.39 is 0 Å². The molecule has 0 spiro atoms. The van der Waals surface area contributed by atoms with Crippen LogP contribution in [0.2, 0.25) is 10.2 Å². The molecular weight excluding hydrogens is 310 g/mol. The second kappa shape index (κ2) is 3.05. The molecule has 0 aliphatic rings. The van der Waals surface area contributed by atoms with E-state index in [-0.39, 0.29) is 0 Å². The number of halogens is 3. The second-order valence-electron chi connectivity index (χ2n) is 2.32. The van der Waals surface area contributed by atoms with E-state index in [0.717, 1.165) is 14.5 Å². The van der Waals surface area contributed by atoms with Crippen LogP contribution in [0, 0.1) is 3.57 Å². The third-order valence-corrected chi connectivity index (χ3v) is 2.72. The molecule has 2 aromatic rings. The van der Waals surface area contributed by atoms with Gasteiger partial charge in [0.05, 0.1) is 15.9 Å². The van der Waals surface area contributed by atoms with Gasteiger partial charge >= 0.3 is 0 Å². The molecule has 1 aromatic heterocycles. The molecule has 0 fully saturated rings. The first-order valence-electron chi connectivity index (χ1n) is 3.17. The number of aromatic nitrogens is 2. The van der Waals surface area contributed by atoms with Crippen molar-refractivity contribution < 1.29 is 0 Å². The zero-order chi connectivity index (χ0) is 8.72. The van der Waals surface area contributed by atoms with E-state index in [1.807, 2.05) is 12.1 Å². The van der Waals surface area contributed by atoms with Crippen LogP contribution in [0.1, 0.15) is 0 Å². The van der Waals surface area contributed by atoms with Crippen LogP contribution in [0.15, 0.2) is 12.1 Å². The van der Waals surface area contributed by atoms with Crippen LogP contribution >= 0.6 is 45.8 Å². The predicted octanol–water partition coefficient (Wildman–Crippen LogP) is 3.47. The summed E-state index contributed by atoms with van der Waals surface area (Å²) in [6.45, 7) is 0. The maximum absolute atomic E-state index is 5.96. The summed E-state index contributed by atoms with van der Waals surface area (Å²) in [5.74, 6) is 0. The number of benzene rings is 1. The first kappa shape index (κ1) is 8.59. The summed E-state index contributed by atoms with van der Waals surface area (Å²) in [7, 11) is 0. The van der Waals surface area contributed by atoms with E-state index in [2.05, 4.69) is 32.8 Å². The Kier molecular flexibility index (Phi) is 2.18. The summed E-state index contributed by atoms with van der Waals surface area (Å²) in [6.07, 6.45) is 0. The Morgan fingerprint density at radius 2 is 2.08 bits per heavy atom. The van der Waals surface area contributed by atoms with Crippen molar-refractivity contribution in [1.29, 1.82) is 0 Å². The van der Waals surface area contributed by atoms with Crippen LogP contribution < -0.4 is 0 Å². The third-order valence-electron chi connectivity index (χ3n) is 1.53. The summed E-state index contributed by atoms with van der Waals surface area (Å²) in [4.78, 5) is 0. The van der Waals surface area contributed by atoms with Crippen molar-refractivity contribution in [2.45, 2.75) is 0 Å². The molecule has 1 N–H and O–H groups in total. The highest BCUT2D eigenvalue weighted by Gasteiger charge is 2.07. The Morgan fingerprint density at radius 1 is 1.33 bits per heavy atom. The zero-order valence-electron chi connectivity index (χ0n) is 5.74. The Morgan fingerprint density at radius 3 is 2.83 bits per heavy atom. The standard InChI is InChI=1S/C7H3Cl2IN2/c8-4-1-3(10)2-5-6(4)7(9)12-11-5/h1-2H,(H,11,12). The molecule has 0 atom stereocenters. The molecule has 1 heterocycles. The number of H-pyrrole nitrogens is 1. The normalized spacial score (nSPS) is 10.9. The smallest absolute Gasteiger partial charge is 0.133 e. The number of nitrogens with zero attached hydrogens (tertiary/aromatic N) is 1. The molecule has 0 saturated heterocycles. The van der Waals surface area contributed by atoms with Gasteiger partial charge in [0.1, 0.15) is 5.15 Å². The second-order valence-corrected chi connectivity index (χ2v) is 4.35. The fraction of sp³-hybridized carbons (Fsp3) is 0. The summed E-state index contributed by atoms with van der Waals surface area (Å²) in [5.41, 5.74) is 0.803. The Hall–Kier alpha value is -0.000000000000000167. The molecule has 0 aliphatic heterocycles. The molecule has 62 valence electrons. The van der Waals surface area contributed by atoms with Gasteiger partial charge in [-0.2, -0.15) is 5.10 Å². The number of nitrogens with one attached hydrogen (secondary N) is 1. The maximum atomic E-state index is 5.96. The maximum Gasteiger partial charge on any atom is 0.133 e. The lowest BCUT2D eigenvalue weighted by Crippen LogP contribution is -1.74. The van der Waals surface area contributed by atoms with Crippen LogP contribution in [0.5, 0.6) is 0 Å². The molecule has 2 nitrogen and oxygen atoms in total. The van der Waals surface area contributed by atoms with Crippen molar-refractivity contribution in [2.75, 3.05) is 0 Å². The molecule has 0 unspecified atom stereocenters. The fourth-order valence-corrected chi connectivity index (χ4v) is 2.42.